The fraction of sp³-hybridized carbons (Fsp3) is 0.783. The quantitative estimate of drug-likeness (QED) is 0.168. The van der Waals surface area contributed by atoms with Crippen LogP contribution in [0.2, 0.25) is 0 Å². The van der Waals surface area contributed by atoms with Gasteiger partial charge in [0.2, 0.25) is 17.7 Å². The summed E-state index contributed by atoms with van der Waals surface area (Å²) in [5.74, 6) is 0.172. The summed E-state index contributed by atoms with van der Waals surface area (Å²) < 4.78 is 6.09. The smallest absolute Gasteiger partial charge is 0.245 e. The number of hydroxylamine groups is 2. The lowest BCUT2D eigenvalue weighted by molar-refractivity contribution is -0.159. The van der Waals surface area contributed by atoms with Crippen molar-refractivity contribution in [2.75, 3.05) is 20.1 Å². The van der Waals surface area contributed by atoms with Crippen molar-refractivity contribution in [3.8, 4) is 0 Å². The van der Waals surface area contributed by atoms with Crippen LogP contribution in [0.15, 0.2) is 12.2 Å². The molecule has 0 unspecified atom stereocenters. The number of nitrogens with zero attached hydrogens (tertiary/aromatic N) is 1. The van der Waals surface area contributed by atoms with E-state index >= 15 is 0 Å². The molecule has 0 aromatic heterocycles. The van der Waals surface area contributed by atoms with Gasteiger partial charge in [-0.3, -0.25) is 19.6 Å². The molecule has 2 aliphatic heterocycles. The minimum atomic E-state index is -0.275. The summed E-state index contributed by atoms with van der Waals surface area (Å²) in [6.07, 6.45) is 12.9. The van der Waals surface area contributed by atoms with Gasteiger partial charge >= 0.3 is 0 Å². The van der Waals surface area contributed by atoms with Gasteiger partial charge in [0, 0.05) is 32.4 Å². The Hall–Kier alpha value is -1.93. The molecule has 2 heterocycles. The Morgan fingerprint density at radius 2 is 1.74 bits per heavy atom. The highest BCUT2D eigenvalue weighted by Crippen LogP contribution is 2.44. The van der Waals surface area contributed by atoms with E-state index in [1.165, 1.54) is 7.05 Å². The van der Waals surface area contributed by atoms with Crippen LogP contribution in [0.1, 0.15) is 71.1 Å². The Bertz CT molecular complexity index is 622. The van der Waals surface area contributed by atoms with Crippen LogP contribution in [0.25, 0.3) is 0 Å². The van der Waals surface area contributed by atoms with E-state index in [-0.39, 0.29) is 42.4 Å². The number of allylic oxidation sites excluding steroid dienone is 2. The first kappa shape index (κ1) is 25.3. The Labute approximate surface area is 185 Å². The molecule has 176 valence electrons. The molecule has 8 nitrogen and oxygen atoms in total. The molecule has 2 bridgehead atoms. The van der Waals surface area contributed by atoms with Crippen LogP contribution in [0.4, 0.5) is 0 Å². The predicted molar refractivity (Wildman–Crippen MR) is 117 cm³/mol. The predicted octanol–water partition coefficient (Wildman–Crippen LogP) is 2.56. The van der Waals surface area contributed by atoms with Crippen molar-refractivity contribution in [1.29, 1.82) is 0 Å². The fourth-order valence-corrected chi connectivity index (χ4v) is 4.48. The Kier molecular flexibility index (Phi) is 11.0. The number of hydrogen-bond donors (Lipinski definition) is 3. The van der Waals surface area contributed by atoms with Gasteiger partial charge in [0.05, 0.1) is 18.8 Å². The van der Waals surface area contributed by atoms with Gasteiger partial charge in [-0.2, -0.15) is 0 Å². The van der Waals surface area contributed by atoms with Crippen LogP contribution in [0, 0.1) is 11.8 Å². The molecule has 0 aromatic rings. The molecular weight excluding hydrogens is 398 g/mol. The number of hydrogen-bond acceptors (Lipinski definition) is 5. The second-order valence-corrected chi connectivity index (χ2v) is 8.67. The van der Waals surface area contributed by atoms with Gasteiger partial charge in [-0.25, -0.2) is 5.06 Å². The number of unbranched alkanes of at least 4 members (excludes halogenated alkanes) is 3. The molecule has 0 spiro atoms. The van der Waals surface area contributed by atoms with Crippen LogP contribution < -0.4 is 10.6 Å². The first-order valence-corrected chi connectivity index (χ1v) is 11.7. The summed E-state index contributed by atoms with van der Waals surface area (Å²) in [4.78, 5) is 35.3. The van der Waals surface area contributed by atoms with Crippen molar-refractivity contribution >= 4 is 17.7 Å². The van der Waals surface area contributed by atoms with Crippen molar-refractivity contribution < 1.29 is 24.3 Å². The van der Waals surface area contributed by atoms with E-state index in [1.807, 2.05) is 0 Å². The van der Waals surface area contributed by atoms with Gasteiger partial charge in [0.25, 0.3) is 0 Å². The number of fused-ring (bicyclic) bond motifs is 2. The number of carbonyl (C=O) groups excluding carboxylic acids is 3. The maximum Gasteiger partial charge on any atom is 0.245 e. The Balaban J connectivity index is 1.67. The van der Waals surface area contributed by atoms with Crippen LogP contribution in [-0.4, -0.2) is 60.3 Å². The SMILES string of the molecule is CCCCCC(=O)NCC(=O)NC[C@@H]1[C@H](CC=CCCCC(=O)N(C)O)[C@@H]2CC[C@H]1O2. The zero-order valence-corrected chi connectivity index (χ0v) is 19.0. The third kappa shape index (κ3) is 8.61. The molecule has 3 amide bonds. The third-order valence-corrected chi connectivity index (χ3v) is 6.28. The van der Waals surface area contributed by atoms with Gasteiger partial charge in [-0.05, 0) is 44.4 Å². The number of amides is 3. The molecule has 0 radical (unpaired) electrons. The second-order valence-electron chi connectivity index (χ2n) is 8.67. The lowest BCUT2D eigenvalue weighted by Gasteiger charge is -2.27. The molecule has 4 atom stereocenters. The minimum absolute atomic E-state index is 0.0267. The van der Waals surface area contributed by atoms with E-state index in [2.05, 4.69) is 29.7 Å². The standard InChI is InChI=1S/C23H39N3O5/c1-3-4-7-11-21(27)25-16-22(28)24-15-18-17(19-13-14-20(18)31-19)10-8-5-6-9-12-23(29)26(2)30/h5,8,17-20,30H,3-4,6-7,9-16H2,1-2H3,(H,24,28)(H,25,27)/t17-,18+,19-,20+/m0/s1. The van der Waals surface area contributed by atoms with E-state index in [9.17, 15) is 14.4 Å². The van der Waals surface area contributed by atoms with E-state index < -0.39 is 0 Å². The number of rotatable bonds is 14. The monoisotopic (exact) mass is 437 g/mol. The molecule has 2 saturated heterocycles. The highest BCUT2D eigenvalue weighted by molar-refractivity contribution is 5.84. The maximum absolute atomic E-state index is 12.2. The van der Waals surface area contributed by atoms with Crippen LogP contribution in [-0.2, 0) is 19.1 Å². The summed E-state index contributed by atoms with van der Waals surface area (Å²) in [6.45, 7) is 2.69. The van der Waals surface area contributed by atoms with E-state index in [1.54, 1.807) is 0 Å². The highest BCUT2D eigenvalue weighted by Gasteiger charge is 2.47. The lowest BCUT2D eigenvalue weighted by atomic mass is 9.77. The number of carbonyl (C=O) groups is 3. The van der Waals surface area contributed by atoms with Gasteiger partial charge < -0.3 is 15.4 Å². The van der Waals surface area contributed by atoms with Gasteiger partial charge in [0.1, 0.15) is 0 Å². The molecule has 0 aliphatic carbocycles. The summed E-state index contributed by atoms with van der Waals surface area (Å²) in [6, 6.07) is 0. The fourth-order valence-electron chi connectivity index (χ4n) is 4.48. The summed E-state index contributed by atoms with van der Waals surface area (Å²) >= 11 is 0. The maximum atomic E-state index is 12.2. The Morgan fingerprint density at radius 3 is 2.45 bits per heavy atom. The summed E-state index contributed by atoms with van der Waals surface area (Å²) in [5, 5.41) is 15.4. The summed E-state index contributed by atoms with van der Waals surface area (Å²) in [5.41, 5.74) is 0. The van der Waals surface area contributed by atoms with Gasteiger partial charge in [0.15, 0.2) is 0 Å². The molecular formula is C23H39N3O5. The topological polar surface area (TPSA) is 108 Å². The zero-order valence-electron chi connectivity index (χ0n) is 19.0. The summed E-state index contributed by atoms with van der Waals surface area (Å²) in [7, 11) is 1.34. The molecule has 3 N–H and O–H groups in total. The van der Waals surface area contributed by atoms with Crippen molar-refractivity contribution in [2.45, 2.75) is 83.3 Å². The number of ether oxygens (including phenoxy) is 1. The lowest BCUT2D eigenvalue weighted by Crippen LogP contribution is -2.42. The van der Waals surface area contributed by atoms with E-state index in [0.29, 0.717) is 36.8 Å². The van der Waals surface area contributed by atoms with Gasteiger partial charge in [-0.15, -0.1) is 0 Å². The normalized spacial score (nSPS) is 24.5. The molecule has 2 rings (SSSR count). The molecule has 2 aliphatic rings. The van der Waals surface area contributed by atoms with E-state index in [4.69, 9.17) is 9.94 Å². The second kappa shape index (κ2) is 13.5. The molecule has 0 aromatic carbocycles. The van der Waals surface area contributed by atoms with Crippen LogP contribution in [0.5, 0.6) is 0 Å². The molecule has 0 saturated carbocycles. The highest BCUT2D eigenvalue weighted by atomic mass is 16.5. The van der Waals surface area contributed by atoms with E-state index in [0.717, 1.165) is 44.9 Å². The average molecular weight is 438 g/mol. The van der Waals surface area contributed by atoms with Crippen molar-refractivity contribution in [3.05, 3.63) is 12.2 Å². The molecule has 8 heteroatoms. The van der Waals surface area contributed by atoms with Crippen molar-refractivity contribution in [2.24, 2.45) is 11.8 Å². The molecule has 2 fully saturated rings. The third-order valence-electron chi connectivity index (χ3n) is 6.28. The minimum Gasteiger partial charge on any atom is -0.374 e. The number of nitrogens with one attached hydrogen (secondary N) is 2. The first-order valence-electron chi connectivity index (χ1n) is 11.7. The molecule has 31 heavy (non-hydrogen) atoms. The average Bonchev–Trinajstić information content (AvgIpc) is 3.35. The van der Waals surface area contributed by atoms with Crippen LogP contribution >= 0.6 is 0 Å². The first-order chi connectivity index (χ1) is 14.9. The zero-order chi connectivity index (χ0) is 22.6. The largest absolute Gasteiger partial charge is 0.374 e. The van der Waals surface area contributed by atoms with Gasteiger partial charge in [-0.1, -0.05) is 31.9 Å². The van der Waals surface area contributed by atoms with Crippen LogP contribution in [0.3, 0.4) is 0 Å². The van der Waals surface area contributed by atoms with Crippen molar-refractivity contribution in [1.82, 2.24) is 15.7 Å². The van der Waals surface area contributed by atoms with Crippen molar-refractivity contribution in [3.63, 3.8) is 0 Å². The Morgan fingerprint density at radius 1 is 1.00 bits per heavy atom.